The molecular weight excluding hydrogens is 504 g/mol. The summed E-state index contributed by atoms with van der Waals surface area (Å²) >= 11 is 0. The van der Waals surface area contributed by atoms with Crippen molar-refractivity contribution in [2.24, 2.45) is 11.8 Å². The SMILES string of the molecule is CC1(C)OC1CCC1(C)OC1CCC1(O)CCC(C(=O)NCc2ccccc2)C(C(=O)NCc2ccccc2)C1. The lowest BCUT2D eigenvalue weighted by atomic mass is 9.69. The van der Waals surface area contributed by atoms with Crippen molar-refractivity contribution in [1.29, 1.82) is 0 Å². The fourth-order valence-corrected chi connectivity index (χ4v) is 6.36. The van der Waals surface area contributed by atoms with Gasteiger partial charge in [-0.1, -0.05) is 60.7 Å². The van der Waals surface area contributed by atoms with Gasteiger partial charge in [-0.15, -0.1) is 0 Å². The first-order chi connectivity index (χ1) is 19.1. The van der Waals surface area contributed by atoms with E-state index in [9.17, 15) is 14.7 Å². The number of rotatable bonds is 12. The van der Waals surface area contributed by atoms with Crippen LogP contribution in [0.15, 0.2) is 60.7 Å². The van der Waals surface area contributed by atoms with E-state index >= 15 is 0 Å². The molecule has 2 aromatic carbocycles. The lowest BCUT2D eigenvalue weighted by Crippen LogP contribution is -2.50. The van der Waals surface area contributed by atoms with Crippen molar-refractivity contribution >= 4 is 11.8 Å². The number of carbonyl (C=O) groups excluding carboxylic acids is 2. The lowest BCUT2D eigenvalue weighted by Gasteiger charge is -2.40. The molecule has 6 atom stereocenters. The minimum absolute atomic E-state index is 0.0158. The summed E-state index contributed by atoms with van der Waals surface area (Å²) in [5.41, 5.74) is 0.825. The van der Waals surface area contributed by atoms with Crippen molar-refractivity contribution in [3.05, 3.63) is 71.8 Å². The van der Waals surface area contributed by atoms with Crippen LogP contribution in [0.5, 0.6) is 0 Å². The summed E-state index contributed by atoms with van der Waals surface area (Å²) in [7, 11) is 0. The van der Waals surface area contributed by atoms with Gasteiger partial charge in [-0.2, -0.15) is 0 Å². The van der Waals surface area contributed by atoms with E-state index in [0.717, 1.165) is 30.4 Å². The Morgan fingerprint density at radius 3 is 1.88 bits per heavy atom. The van der Waals surface area contributed by atoms with Crippen LogP contribution in [0.3, 0.4) is 0 Å². The normalized spacial score (nSPS) is 32.2. The second-order valence-electron chi connectivity index (χ2n) is 12.8. The average molecular weight is 549 g/mol. The Hall–Kier alpha value is -2.74. The molecule has 0 radical (unpaired) electrons. The molecule has 1 aliphatic carbocycles. The molecule has 0 bridgehead atoms. The number of epoxide rings is 2. The summed E-state index contributed by atoms with van der Waals surface area (Å²) in [5, 5.41) is 17.7. The maximum atomic E-state index is 13.5. The number of carbonyl (C=O) groups is 2. The first kappa shape index (κ1) is 28.8. The van der Waals surface area contributed by atoms with Gasteiger partial charge in [0.05, 0.1) is 34.9 Å². The summed E-state index contributed by atoms with van der Waals surface area (Å²) in [6.45, 7) is 7.18. The van der Waals surface area contributed by atoms with E-state index in [-0.39, 0.29) is 35.5 Å². The Morgan fingerprint density at radius 2 is 1.32 bits per heavy atom. The number of nitrogens with one attached hydrogen (secondary N) is 2. The van der Waals surface area contributed by atoms with E-state index in [4.69, 9.17) is 9.47 Å². The van der Waals surface area contributed by atoms with Crippen LogP contribution in [0.1, 0.15) is 76.8 Å². The van der Waals surface area contributed by atoms with E-state index in [1.165, 1.54) is 0 Å². The molecule has 3 fully saturated rings. The summed E-state index contributed by atoms with van der Waals surface area (Å²) < 4.78 is 11.8. The maximum Gasteiger partial charge on any atom is 0.224 e. The van der Waals surface area contributed by atoms with Gasteiger partial charge in [-0.3, -0.25) is 9.59 Å². The van der Waals surface area contributed by atoms with E-state index < -0.39 is 17.4 Å². The van der Waals surface area contributed by atoms with Gasteiger partial charge in [0.15, 0.2) is 0 Å². The molecular formula is C33H44N2O5. The number of benzene rings is 2. The summed E-state index contributed by atoms with van der Waals surface area (Å²) in [4.78, 5) is 26.8. The van der Waals surface area contributed by atoms with Crippen molar-refractivity contribution in [3.8, 4) is 0 Å². The summed E-state index contributed by atoms with van der Waals surface area (Å²) in [5.74, 6) is -1.39. The van der Waals surface area contributed by atoms with Crippen molar-refractivity contribution in [2.75, 3.05) is 0 Å². The third-order valence-electron chi connectivity index (χ3n) is 9.27. The van der Waals surface area contributed by atoms with Crippen LogP contribution in [-0.4, -0.2) is 45.9 Å². The van der Waals surface area contributed by atoms with Crippen molar-refractivity contribution in [2.45, 2.75) is 108 Å². The molecule has 2 amide bonds. The molecule has 0 spiro atoms. The Balaban J connectivity index is 1.18. The maximum absolute atomic E-state index is 13.5. The van der Waals surface area contributed by atoms with E-state index in [1.807, 2.05) is 60.7 Å². The highest BCUT2D eigenvalue weighted by molar-refractivity contribution is 5.88. The number of hydrogen-bond donors (Lipinski definition) is 3. The van der Waals surface area contributed by atoms with Crippen molar-refractivity contribution in [1.82, 2.24) is 10.6 Å². The summed E-state index contributed by atoms with van der Waals surface area (Å²) in [6, 6.07) is 19.5. The zero-order chi connectivity index (χ0) is 28.4. The number of ether oxygens (including phenoxy) is 2. The summed E-state index contributed by atoms with van der Waals surface area (Å²) in [6.07, 6.45) is 4.86. The second kappa shape index (κ2) is 11.6. The van der Waals surface area contributed by atoms with Crippen LogP contribution < -0.4 is 10.6 Å². The smallest absolute Gasteiger partial charge is 0.224 e. The molecule has 3 aliphatic rings. The highest BCUT2D eigenvalue weighted by Gasteiger charge is 2.55. The standard InChI is InChI=1S/C33H44N2O5/c1-31(2)27(39-31)15-17-32(3)28(40-32)16-19-33(38)18-14-25(29(36)34-21-23-10-6-4-7-11-23)26(20-33)30(37)35-22-24-12-8-5-9-13-24/h4-13,25-28,38H,14-22H2,1-3H3,(H,34,36)(H,35,37). The molecule has 2 heterocycles. The van der Waals surface area contributed by atoms with Crippen LogP contribution in [0.2, 0.25) is 0 Å². The zero-order valence-corrected chi connectivity index (χ0v) is 24.0. The predicted octanol–water partition coefficient (Wildman–Crippen LogP) is 4.66. The Morgan fingerprint density at radius 1 is 0.800 bits per heavy atom. The largest absolute Gasteiger partial charge is 0.390 e. The second-order valence-corrected chi connectivity index (χ2v) is 12.8. The van der Waals surface area contributed by atoms with E-state index in [2.05, 4.69) is 31.4 Å². The van der Waals surface area contributed by atoms with Crippen LogP contribution >= 0.6 is 0 Å². The Kier molecular flexibility index (Phi) is 8.37. The molecule has 216 valence electrons. The Bertz CT molecular complexity index is 1170. The molecule has 6 unspecified atom stereocenters. The fraction of sp³-hybridized carbons (Fsp3) is 0.576. The van der Waals surface area contributed by atoms with Gasteiger partial charge in [0.25, 0.3) is 0 Å². The van der Waals surface area contributed by atoms with Gasteiger partial charge >= 0.3 is 0 Å². The Labute approximate surface area is 238 Å². The van der Waals surface area contributed by atoms with Gasteiger partial charge in [-0.05, 0) is 76.8 Å². The van der Waals surface area contributed by atoms with Crippen LogP contribution in [-0.2, 0) is 32.2 Å². The van der Waals surface area contributed by atoms with E-state index in [1.54, 1.807) is 0 Å². The minimum Gasteiger partial charge on any atom is -0.390 e. The first-order valence-electron chi connectivity index (χ1n) is 14.8. The molecule has 3 N–H and O–H groups in total. The third kappa shape index (κ3) is 7.12. The number of amides is 2. The molecule has 7 nitrogen and oxygen atoms in total. The topological polar surface area (TPSA) is 103 Å². The van der Waals surface area contributed by atoms with Gasteiger partial charge < -0.3 is 25.2 Å². The van der Waals surface area contributed by atoms with Gasteiger partial charge in [0.2, 0.25) is 11.8 Å². The molecule has 2 aliphatic heterocycles. The minimum atomic E-state index is -1.00. The van der Waals surface area contributed by atoms with Crippen molar-refractivity contribution < 1.29 is 24.2 Å². The first-order valence-corrected chi connectivity index (χ1v) is 14.8. The van der Waals surface area contributed by atoms with Crippen LogP contribution in [0.25, 0.3) is 0 Å². The van der Waals surface area contributed by atoms with E-state index in [0.29, 0.717) is 38.5 Å². The lowest BCUT2D eigenvalue weighted by molar-refractivity contribution is -0.143. The molecule has 5 rings (SSSR count). The zero-order valence-electron chi connectivity index (χ0n) is 24.0. The highest BCUT2D eigenvalue weighted by Crippen LogP contribution is 2.49. The highest BCUT2D eigenvalue weighted by atomic mass is 16.6. The van der Waals surface area contributed by atoms with Gasteiger partial charge in [0, 0.05) is 19.0 Å². The molecule has 2 saturated heterocycles. The monoisotopic (exact) mass is 548 g/mol. The van der Waals surface area contributed by atoms with Crippen molar-refractivity contribution in [3.63, 3.8) is 0 Å². The molecule has 2 aromatic rings. The molecule has 1 saturated carbocycles. The van der Waals surface area contributed by atoms with Gasteiger partial charge in [0.1, 0.15) is 0 Å². The van der Waals surface area contributed by atoms with Crippen LogP contribution in [0.4, 0.5) is 0 Å². The molecule has 40 heavy (non-hydrogen) atoms. The average Bonchev–Trinajstić information content (AvgIpc) is 3.81. The number of aliphatic hydroxyl groups is 1. The quantitative estimate of drug-likeness (QED) is 0.335. The molecule has 0 aromatic heterocycles. The third-order valence-corrected chi connectivity index (χ3v) is 9.27. The van der Waals surface area contributed by atoms with Crippen LogP contribution in [0, 0.1) is 11.8 Å². The number of hydrogen-bond acceptors (Lipinski definition) is 5. The van der Waals surface area contributed by atoms with Gasteiger partial charge in [-0.25, -0.2) is 0 Å². The molecule has 7 heteroatoms. The predicted molar refractivity (Wildman–Crippen MR) is 153 cm³/mol. The fourth-order valence-electron chi connectivity index (χ4n) is 6.36.